The second-order valence-corrected chi connectivity index (χ2v) is 4.51. The lowest BCUT2D eigenvalue weighted by molar-refractivity contribution is 0.143. The highest BCUT2D eigenvalue weighted by Crippen LogP contribution is 2.22. The van der Waals surface area contributed by atoms with Gasteiger partial charge in [0.15, 0.2) is 0 Å². The molecule has 3 heteroatoms. The van der Waals surface area contributed by atoms with Gasteiger partial charge in [-0.1, -0.05) is 19.3 Å². The zero-order valence-corrected chi connectivity index (χ0v) is 10.0. The van der Waals surface area contributed by atoms with E-state index in [-0.39, 0.29) is 0 Å². The fraction of sp³-hybridized carbons (Fsp3) is 1.00. The van der Waals surface area contributed by atoms with Crippen molar-refractivity contribution < 1.29 is 5.11 Å². The van der Waals surface area contributed by atoms with Gasteiger partial charge in [0.05, 0.1) is 0 Å². The highest BCUT2D eigenvalue weighted by atomic mass is 16.3. The number of likely N-dealkylation sites (N-methyl/N-ethyl adjacent to an activating group) is 1. The Bertz CT molecular complexity index is 139. The van der Waals surface area contributed by atoms with Crippen LogP contribution in [0.1, 0.15) is 38.5 Å². The number of nitrogens with one attached hydrogen (secondary N) is 1. The van der Waals surface area contributed by atoms with E-state index in [1.54, 1.807) is 0 Å². The molecule has 0 atom stereocenters. The Hall–Kier alpha value is -0.120. The topological polar surface area (TPSA) is 35.5 Å². The largest absolute Gasteiger partial charge is 0.396 e. The third-order valence-corrected chi connectivity index (χ3v) is 3.34. The quantitative estimate of drug-likeness (QED) is 0.669. The number of hydrogen-bond donors (Lipinski definition) is 2. The maximum Gasteiger partial charge on any atom is 0.0443 e. The van der Waals surface area contributed by atoms with E-state index in [4.69, 9.17) is 5.11 Å². The van der Waals surface area contributed by atoms with Gasteiger partial charge >= 0.3 is 0 Å². The first-order chi connectivity index (χ1) is 7.38. The van der Waals surface area contributed by atoms with E-state index in [0.717, 1.165) is 32.1 Å². The third-order valence-electron chi connectivity index (χ3n) is 3.34. The molecule has 0 aromatic rings. The molecule has 1 rings (SSSR count). The van der Waals surface area contributed by atoms with Crippen LogP contribution >= 0.6 is 0 Å². The molecular formula is C12H26N2O. The molecule has 1 aliphatic rings. The van der Waals surface area contributed by atoms with Crippen LogP contribution in [0, 0.1) is 0 Å². The average molecular weight is 214 g/mol. The van der Waals surface area contributed by atoms with Crippen molar-refractivity contribution in [1.82, 2.24) is 10.2 Å². The lowest BCUT2D eigenvalue weighted by Crippen LogP contribution is -2.41. The minimum atomic E-state index is 0.322. The molecule has 15 heavy (non-hydrogen) atoms. The van der Waals surface area contributed by atoms with Gasteiger partial charge < -0.3 is 10.4 Å². The molecular weight excluding hydrogens is 188 g/mol. The van der Waals surface area contributed by atoms with Crippen LogP contribution in [-0.2, 0) is 0 Å². The Morgan fingerprint density at radius 2 is 1.93 bits per heavy atom. The van der Waals surface area contributed by atoms with Crippen LogP contribution in [0.5, 0.6) is 0 Å². The SMILES string of the molecule is CNCCN(CCCO)C1CCCCC1. The molecule has 0 aliphatic heterocycles. The lowest BCUT2D eigenvalue weighted by atomic mass is 9.94. The van der Waals surface area contributed by atoms with Gasteiger partial charge in [-0.3, -0.25) is 4.90 Å². The van der Waals surface area contributed by atoms with Crippen LogP contribution in [0.3, 0.4) is 0 Å². The molecule has 3 nitrogen and oxygen atoms in total. The summed E-state index contributed by atoms with van der Waals surface area (Å²) >= 11 is 0. The van der Waals surface area contributed by atoms with E-state index in [1.165, 1.54) is 32.1 Å². The van der Waals surface area contributed by atoms with Crippen LogP contribution in [0.15, 0.2) is 0 Å². The smallest absolute Gasteiger partial charge is 0.0443 e. The van der Waals surface area contributed by atoms with Crippen molar-refractivity contribution in [3.8, 4) is 0 Å². The van der Waals surface area contributed by atoms with Crippen molar-refractivity contribution in [2.75, 3.05) is 33.3 Å². The van der Waals surface area contributed by atoms with Crippen molar-refractivity contribution in [2.24, 2.45) is 0 Å². The molecule has 0 heterocycles. The lowest BCUT2D eigenvalue weighted by Gasteiger charge is -2.34. The predicted octanol–water partition coefficient (Wildman–Crippen LogP) is 1.22. The summed E-state index contributed by atoms with van der Waals surface area (Å²) in [5, 5.41) is 12.1. The van der Waals surface area contributed by atoms with Crippen LogP contribution < -0.4 is 5.32 Å². The molecule has 0 aromatic heterocycles. The predicted molar refractivity (Wildman–Crippen MR) is 64.1 cm³/mol. The Morgan fingerprint density at radius 1 is 1.20 bits per heavy atom. The monoisotopic (exact) mass is 214 g/mol. The number of rotatable bonds is 7. The van der Waals surface area contributed by atoms with E-state index < -0.39 is 0 Å². The molecule has 2 N–H and O–H groups in total. The van der Waals surface area contributed by atoms with E-state index in [9.17, 15) is 0 Å². The van der Waals surface area contributed by atoms with Gasteiger partial charge in [-0.05, 0) is 26.3 Å². The summed E-state index contributed by atoms with van der Waals surface area (Å²) in [7, 11) is 2.01. The summed E-state index contributed by atoms with van der Waals surface area (Å²) in [6, 6.07) is 0.777. The normalized spacial score (nSPS) is 18.6. The Labute approximate surface area is 93.9 Å². The summed E-state index contributed by atoms with van der Waals surface area (Å²) in [6.45, 7) is 3.56. The minimum absolute atomic E-state index is 0.322. The molecule has 1 saturated carbocycles. The summed E-state index contributed by atoms with van der Waals surface area (Å²) in [5.41, 5.74) is 0. The minimum Gasteiger partial charge on any atom is -0.396 e. The average Bonchev–Trinajstić information content (AvgIpc) is 2.30. The van der Waals surface area contributed by atoms with E-state index >= 15 is 0 Å². The highest BCUT2D eigenvalue weighted by molar-refractivity contribution is 4.76. The van der Waals surface area contributed by atoms with Gasteiger partial charge in [-0.15, -0.1) is 0 Å². The second kappa shape index (κ2) is 8.08. The first kappa shape index (κ1) is 12.9. The maximum absolute atomic E-state index is 8.90. The fourth-order valence-corrected chi connectivity index (χ4v) is 2.45. The molecule has 0 aromatic carbocycles. The summed E-state index contributed by atoms with van der Waals surface area (Å²) < 4.78 is 0. The molecule has 0 unspecified atom stereocenters. The van der Waals surface area contributed by atoms with Crippen molar-refractivity contribution in [1.29, 1.82) is 0 Å². The van der Waals surface area contributed by atoms with Crippen LogP contribution in [0.2, 0.25) is 0 Å². The molecule has 1 fully saturated rings. The Balaban J connectivity index is 2.30. The van der Waals surface area contributed by atoms with Gasteiger partial charge in [0.25, 0.3) is 0 Å². The fourth-order valence-electron chi connectivity index (χ4n) is 2.45. The number of aliphatic hydroxyl groups excluding tert-OH is 1. The van der Waals surface area contributed by atoms with Crippen LogP contribution in [-0.4, -0.2) is 49.3 Å². The maximum atomic E-state index is 8.90. The van der Waals surface area contributed by atoms with Gasteiger partial charge in [0, 0.05) is 32.3 Å². The first-order valence-electron chi connectivity index (χ1n) is 6.38. The van der Waals surface area contributed by atoms with Gasteiger partial charge in [0.1, 0.15) is 0 Å². The van der Waals surface area contributed by atoms with Gasteiger partial charge in [-0.25, -0.2) is 0 Å². The molecule has 0 spiro atoms. The molecule has 0 saturated heterocycles. The standard InChI is InChI=1S/C12H26N2O/c1-13-8-10-14(9-5-11-15)12-6-3-2-4-7-12/h12-13,15H,2-11H2,1H3. The number of hydrogen-bond acceptors (Lipinski definition) is 3. The third kappa shape index (κ3) is 4.96. The Morgan fingerprint density at radius 3 is 2.53 bits per heavy atom. The molecule has 0 bridgehead atoms. The first-order valence-corrected chi connectivity index (χ1v) is 6.38. The molecule has 0 radical (unpaired) electrons. The van der Waals surface area contributed by atoms with Crippen molar-refractivity contribution >= 4 is 0 Å². The van der Waals surface area contributed by atoms with Crippen molar-refractivity contribution in [2.45, 2.75) is 44.6 Å². The summed E-state index contributed by atoms with van der Waals surface area (Å²) in [5.74, 6) is 0. The van der Waals surface area contributed by atoms with E-state index in [1.807, 2.05) is 7.05 Å². The van der Waals surface area contributed by atoms with Gasteiger partial charge in [0.2, 0.25) is 0 Å². The van der Waals surface area contributed by atoms with Gasteiger partial charge in [-0.2, -0.15) is 0 Å². The summed E-state index contributed by atoms with van der Waals surface area (Å²) in [6.07, 6.45) is 7.82. The zero-order valence-electron chi connectivity index (χ0n) is 10.0. The second-order valence-electron chi connectivity index (χ2n) is 4.51. The van der Waals surface area contributed by atoms with Crippen LogP contribution in [0.25, 0.3) is 0 Å². The molecule has 1 aliphatic carbocycles. The van der Waals surface area contributed by atoms with Crippen molar-refractivity contribution in [3.05, 3.63) is 0 Å². The number of aliphatic hydroxyl groups is 1. The number of nitrogens with zero attached hydrogens (tertiary/aromatic N) is 1. The van der Waals surface area contributed by atoms with Crippen LogP contribution in [0.4, 0.5) is 0 Å². The highest BCUT2D eigenvalue weighted by Gasteiger charge is 2.19. The van der Waals surface area contributed by atoms with E-state index in [2.05, 4.69) is 10.2 Å². The Kier molecular flexibility index (Phi) is 6.98. The van der Waals surface area contributed by atoms with E-state index in [0.29, 0.717) is 6.61 Å². The molecule has 90 valence electrons. The summed E-state index contributed by atoms with van der Waals surface area (Å²) in [4.78, 5) is 2.56. The molecule has 0 amide bonds. The zero-order chi connectivity index (χ0) is 10.9. The van der Waals surface area contributed by atoms with Crippen molar-refractivity contribution in [3.63, 3.8) is 0 Å².